The molecule has 0 saturated carbocycles. The predicted molar refractivity (Wildman–Crippen MR) is 109 cm³/mol. The summed E-state index contributed by atoms with van der Waals surface area (Å²) in [5.74, 6) is 0.764. The SMILES string of the molecule is Cc1cc(OCCCC(=O)Nc2ccccc2-c2cccs2)ccc1Cl. The number of thiophene rings is 1. The van der Waals surface area contributed by atoms with E-state index in [1.165, 1.54) is 0 Å². The first-order valence-corrected chi connectivity index (χ1v) is 9.71. The van der Waals surface area contributed by atoms with Gasteiger partial charge in [0.05, 0.1) is 6.61 Å². The molecule has 0 unspecified atom stereocenters. The number of carbonyl (C=O) groups excluding carboxylic acids is 1. The summed E-state index contributed by atoms with van der Waals surface area (Å²) in [4.78, 5) is 13.4. The summed E-state index contributed by atoms with van der Waals surface area (Å²) in [5.41, 5.74) is 2.87. The summed E-state index contributed by atoms with van der Waals surface area (Å²) in [7, 11) is 0. The average Bonchev–Trinajstić information content (AvgIpc) is 3.16. The molecular weight excluding hydrogens is 366 g/mol. The van der Waals surface area contributed by atoms with Crippen LogP contribution in [0.4, 0.5) is 5.69 Å². The molecule has 0 aliphatic rings. The van der Waals surface area contributed by atoms with Crippen molar-refractivity contribution in [2.24, 2.45) is 0 Å². The van der Waals surface area contributed by atoms with Gasteiger partial charge in [-0.15, -0.1) is 11.3 Å². The number of anilines is 1. The number of amides is 1. The quantitative estimate of drug-likeness (QED) is 0.493. The molecule has 0 aliphatic carbocycles. The van der Waals surface area contributed by atoms with Crippen LogP contribution in [0.1, 0.15) is 18.4 Å². The lowest BCUT2D eigenvalue weighted by atomic mass is 10.1. The van der Waals surface area contributed by atoms with E-state index in [4.69, 9.17) is 16.3 Å². The number of halogens is 1. The summed E-state index contributed by atoms with van der Waals surface area (Å²) in [6.07, 6.45) is 1.06. The highest BCUT2D eigenvalue weighted by atomic mass is 35.5. The number of hydrogen-bond donors (Lipinski definition) is 1. The zero-order valence-electron chi connectivity index (χ0n) is 14.5. The lowest BCUT2D eigenvalue weighted by Gasteiger charge is -2.11. The normalized spacial score (nSPS) is 10.5. The maximum absolute atomic E-state index is 12.3. The van der Waals surface area contributed by atoms with Crippen molar-refractivity contribution in [2.75, 3.05) is 11.9 Å². The van der Waals surface area contributed by atoms with Gasteiger partial charge in [-0.05, 0) is 54.6 Å². The topological polar surface area (TPSA) is 38.3 Å². The highest BCUT2D eigenvalue weighted by molar-refractivity contribution is 7.13. The van der Waals surface area contributed by atoms with Crippen molar-refractivity contribution in [3.05, 3.63) is 70.6 Å². The number of benzene rings is 2. The Kier molecular flexibility index (Phi) is 6.31. The maximum Gasteiger partial charge on any atom is 0.224 e. The van der Waals surface area contributed by atoms with E-state index in [1.54, 1.807) is 11.3 Å². The van der Waals surface area contributed by atoms with Crippen molar-refractivity contribution in [3.63, 3.8) is 0 Å². The molecule has 5 heteroatoms. The Bertz CT molecular complexity index is 877. The van der Waals surface area contributed by atoms with Gasteiger partial charge in [0.2, 0.25) is 5.91 Å². The van der Waals surface area contributed by atoms with Gasteiger partial charge in [0.25, 0.3) is 0 Å². The van der Waals surface area contributed by atoms with Crippen molar-refractivity contribution in [1.29, 1.82) is 0 Å². The van der Waals surface area contributed by atoms with Crippen LogP contribution in [0.25, 0.3) is 10.4 Å². The van der Waals surface area contributed by atoms with Gasteiger partial charge in [0.1, 0.15) is 5.75 Å². The van der Waals surface area contributed by atoms with E-state index < -0.39 is 0 Å². The first kappa shape index (κ1) is 18.5. The first-order valence-electron chi connectivity index (χ1n) is 8.45. The third-order valence-corrected chi connectivity index (χ3v) is 5.26. The van der Waals surface area contributed by atoms with E-state index in [9.17, 15) is 4.79 Å². The van der Waals surface area contributed by atoms with Crippen LogP contribution in [-0.2, 0) is 4.79 Å². The van der Waals surface area contributed by atoms with Crippen LogP contribution in [0.2, 0.25) is 5.02 Å². The minimum Gasteiger partial charge on any atom is -0.494 e. The summed E-state index contributed by atoms with van der Waals surface area (Å²) in [6.45, 7) is 2.43. The Balaban J connectivity index is 1.50. The minimum atomic E-state index is -0.00936. The third kappa shape index (κ3) is 4.87. The van der Waals surface area contributed by atoms with Gasteiger partial charge in [-0.25, -0.2) is 0 Å². The Morgan fingerprint density at radius 3 is 2.77 bits per heavy atom. The average molecular weight is 386 g/mol. The zero-order chi connectivity index (χ0) is 18.4. The molecule has 1 amide bonds. The van der Waals surface area contributed by atoms with E-state index in [0.717, 1.165) is 32.5 Å². The zero-order valence-corrected chi connectivity index (χ0v) is 16.1. The van der Waals surface area contributed by atoms with Crippen molar-refractivity contribution in [3.8, 4) is 16.2 Å². The monoisotopic (exact) mass is 385 g/mol. The van der Waals surface area contributed by atoms with Gasteiger partial charge < -0.3 is 10.1 Å². The summed E-state index contributed by atoms with van der Waals surface area (Å²) >= 11 is 7.66. The second-order valence-electron chi connectivity index (χ2n) is 5.93. The molecule has 0 fully saturated rings. The fraction of sp³-hybridized carbons (Fsp3) is 0.190. The molecule has 0 bridgehead atoms. The highest BCUT2D eigenvalue weighted by Crippen LogP contribution is 2.31. The Morgan fingerprint density at radius 1 is 1.15 bits per heavy atom. The minimum absolute atomic E-state index is 0.00936. The van der Waals surface area contributed by atoms with Crippen LogP contribution in [0.5, 0.6) is 5.75 Å². The summed E-state index contributed by atoms with van der Waals surface area (Å²) in [6, 6.07) is 17.5. The number of hydrogen-bond acceptors (Lipinski definition) is 3. The summed E-state index contributed by atoms with van der Waals surface area (Å²) in [5, 5.41) is 5.76. The van der Waals surface area contributed by atoms with Crippen LogP contribution < -0.4 is 10.1 Å². The molecule has 0 atom stereocenters. The van der Waals surface area contributed by atoms with Crippen molar-refractivity contribution < 1.29 is 9.53 Å². The number of para-hydroxylation sites is 1. The Morgan fingerprint density at radius 2 is 2.00 bits per heavy atom. The molecule has 0 radical (unpaired) electrons. The van der Waals surface area contributed by atoms with Gasteiger partial charge in [-0.2, -0.15) is 0 Å². The number of rotatable bonds is 7. The van der Waals surface area contributed by atoms with Gasteiger partial charge in [0.15, 0.2) is 0 Å². The fourth-order valence-corrected chi connectivity index (χ4v) is 3.46. The number of nitrogens with one attached hydrogen (secondary N) is 1. The summed E-state index contributed by atoms with van der Waals surface area (Å²) < 4.78 is 5.69. The van der Waals surface area contributed by atoms with E-state index in [-0.39, 0.29) is 5.91 Å². The molecule has 26 heavy (non-hydrogen) atoms. The lowest BCUT2D eigenvalue weighted by molar-refractivity contribution is -0.116. The Hall–Kier alpha value is -2.30. The molecule has 1 N–H and O–H groups in total. The van der Waals surface area contributed by atoms with E-state index in [0.29, 0.717) is 19.4 Å². The van der Waals surface area contributed by atoms with E-state index >= 15 is 0 Å². The smallest absolute Gasteiger partial charge is 0.224 e. The molecule has 3 aromatic rings. The molecular formula is C21H20ClNO2S. The van der Waals surface area contributed by atoms with E-state index in [2.05, 4.69) is 11.4 Å². The van der Waals surface area contributed by atoms with Crippen LogP contribution in [-0.4, -0.2) is 12.5 Å². The molecule has 3 rings (SSSR count). The van der Waals surface area contributed by atoms with Crippen LogP contribution >= 0.6 is 22.9 Å². The van der Waals surface area contributed by atoms with Gasteiger partial charge >= 0.3 is 0 Å². The highest BCUT2D eigenvalue weighted by Gasteiger charge is 2.09. The van der Waals surface area contributed by atoms with E-state index in [1.807, 2.05) is 60.8 Å². The molecule has 3 nitrogen and oxygen atoms in total. The number of carbonyl (C=O) groups is 1. The van der Waals surface area contributed by atoms with Gasteiger partial charge in [0, 0.05) is 27.6 Å². The van der Waals surface area contributed by atoms with Crippen LogP contribution in [0.15, 0.2) is 60.0 Å². The molecule has 1 heterocycles. The fourth-order valence-electron chi connectivity index (χ4n) is 2.58. The molecule has 0 aliphatic heterocycles. The lowest BCUT2D eigenvalue weighted by Crippen LogP contribution is -2.13. The molecule has 0 saturated heterocycles. The molecule has 0 spiro atoms. The second kappa shape index (κ2) is 8.88. The molecule has 1 aromatic heterocycles. The Labute approximate surface area is 162 Å². The van der Waals surface area contributed by atoms with Gasteiger partial charge in [-0.3, -0.25) is 4.79 Å². The standard InChI is InChI=1S/C21H20ClNO2S/c1-15-14-16(10-11-18(15)22)25-12-4-9-21(24)23-19-7-3-2-6-17(19)20-8-5-13-26-20/h2-3,5-8,10-11,13-14H,4,9,12H2,1H3,(H,23,24). The number of ether oxygens (including phenoxy) is 1. The van der Waals surface area contributed by atoms with Crippen molar-refractivity contribution in [1.82, 2.24) is 0 Å². The predicted octanol–water partition coefficient (Wildman–Crippen LogP) is 6.17. The largest absolute Gasteiger partial charge is 0.494 e. The van der Waals surface area contributed by atoms with Crippen molar-refractivity contribution in [2.45, 2.75) is 19.8 Å². The molecule has 134 valence electrons. The van der Waals surface area contributed by atoms with Gasteiger partial charge in [-0.1, -0.05) is 35.9 Å². The second-order valence-corrected chi connectivity index (χ2v) is 7.29. The van der Waals surface area contributed by atoms with Crippen molar-refractivity contribution >= 4 is 34.5 Å². The van der Waals surface area contributed by atoms with Crippen LogP contribution in [0.3, 0.4) is 0 Å². The maximum atomic E-state index is 12.3. The first-order chi connectivity index (χ1) is 12.6. The molecule has 2 aromatic carbocycles. The van der Waals surface area contributed by atoms with Crippen LogP contribution in [0, 0.1) is 6.92 Å². The number of aryl methyl sites for hydroxylation is 1. The third-order valence-electron chi connectivity index (χ3n) is 3.93.